The maximum Gasteiger partial charge on any atom is 0.409 e. The summed E-state index contributed by atoms with van der Waals surface area (Å²) in [4.78, 5) is 27.1. The third-order valence-corrected chi connectivity index (χ3v) is 5.82. The highest BCUT2D eigenvalue weighted by atomic mass is 16.6. The summed E-state index contributed by atoms with van der Waals surface area (Å²) in [5.41, 5.74) is 5.96. The number of unbranched alkanes of at least 4 members (excludes halogenated alkanes) is 2. The number of ether oxygens (including phenoxy) is 2. The molecule has 1 fully saturated rings. The van der Waals surface area contributed by atoms with Gasteiger partial charge in [0.2, 0.25) is 0 Å². The van der Waals surface area contributed by atoms with Gasteiger partial charge in [0, 0.05) is 12.6 Å². The molecule has 164 valence electrons. The van der Waals surface area contributed by atoms with Crippen LogP contribution in [0, 0.1) is 10.8 Å². The predicted octanol–water partition coefficient (Wildman–Crippen LogP) is 4.50. The van der Waals surface area contributed by atoms with Gasteiger partial charge in [0.25, 0.3) is 0 Å². The molecular formula is C22H42N2O4. The zero-order valence-corrected chi connectivity index (χ0v) is 18.9. The lowest BCUT2D eigenvalue weighted by molar-refractivity contribution is -0.150. The van der Waals surface area contributed by atoms with E-state index >= 15 is 0 Å². The summed E-state index contributed by atoms with van der Waals surface area (Å²) >= 11 is 0. The highest BCUT2D eigenvalue weighted by molar-refractivity contribution is 5.76. The molecule has 3 unspecified atom stereocenters. The fourth-order valence-corrected chi connectivity index (χ4v) is 4.59. The number of hydrogen-bond donors (Lipinski definition) is 1. The van der Waals surface area contributed by atoms with E-state index in [1.165, 1.54) is 0 Å². The van der Waals surface area contributed by atoms with E-state index in [-0.39, 0.29) is 23.5 Å². The van der Waals surface area contributed by atoms with Crippen LogP contribution in [-0.2, 0) is 14.3 Å². The van der Waals surface area contributed by atoms with E-state index in [1.54, 1.807) is 0 Å². The summed E-state index contributed by atoms with van der Waals surface area (Å²) < 4.78 is 10.7. The van der Waals surface area contributed by atoms with Crippen LogP contribution in [0.1, 0.15) is 86.5 Å². The monoisotopic (exact) mass is 398 g/mol. The van der Waals surface area contributed by atoms with Crippen LogP contribution in [-0.4, -0.2) is 48.8 Å². The van der Waals surface area contributed by atoms with Gasteiger partial charge in [0.05, 0.1) is 13.2 Å². The summed E-state index contributed by atoms with van der Waals surface area (Å²) in [6.45, 7) is 13.9. The number of carbonyl (C=O) groups excluding carboxylic acids is 2. The Labute approximate surface area is 171 Å². The minimum Gasteiger partial charge on any atom is -0.465 e. The highest BCUT2D eigenvalue weighted by Gasteiger charge is 2.49. The Bertz CT molecular complexity index is 509. The number of rotatable bonds is 10. The van der Waals surface area contributed by atoms with Crippen LogP contribution in [0.5, 0.6) is 0 Å². The van der Waals surface area contributed by atoms with Gasteiger partial charge in [0.1, 0.15) is 6.04 Å². The number of carbonyl (C=O) groups is 2. The first-order valence-electron chi connectivity index (χ1n) is 11.0. The van der Waals surface area contributed by atoms with Crippen molar-refractivity contribution in [2.75, 3.05) is 19.8 Å². The molecule has 0 aromatic carbocycles. The third kappa shape index (κ3) is 6.94. The summed E-state index contributed by atoms with van der Waals surface area (Å²) in [6.07, 6.45) is 5.87. The third-order valence-electron chi connectivity index (χ3n) is 5.82. The normalized spacial score (nSPS) is 25.0. The number of amides is 1. The van der Waals surface area contributed by atoms with Gasteiger partial charge in [-0.1, -0.05) is 47.5 Å². The highest BCUT2D eigenvalue weighted by Crippen LogP contribution is 2.49. The molecule has 1 aliphatic carbocycles. The fourth-order valence-electron chi connectivity index (χ4n) is 4.59. The Morgan fingerprint density at radius 2 is 1.71 bits per heavy atom. The Morgan fingerprint density at radius 1 is 1.07 bits per heavy atom. The minimum atomic E-state index is -0.693. The predicted molar refractivity (Wildman–Crippen MR) is 112 cm³/mol. The summed E-state index contributed by atoms with van der Waals surface area (Å²) in [6, 6.07) is -0.685. The molecule has 1 amide bonds. The van der Waals surface area contributed by atoms with Crippen molar-refractivity contribution in [1.82, 2.24) is 4.90 Å². The number of esters is 1. The van der Waals surface area contributed by atoms with Crippen LogP contribution >= 0.6 is 0 Å². The van der Waals surface area contributed by atoms with Crippen LogP contribution < -0.4 is 5.73 Å². The zero-order chi connectivity index (χ0) is 21.4. The fraction of sp³-hybridized carbons (Fsp3) is 0.909. The molecule has 0 spiro atoms. The first-order valence-corrected chi connectivity index (χ1v) is 11.0. The van der Waals surface area contributed by atoms with Gasteiger partial charge in [0.15, 0.2) is 0 Å². The van der Waals surface area contributed by atoms with Crippen molar-refractivity contribution in [3.63, 3.8) is 0 Å². The van der Waals surface area contributed by atoms with Crippen molar-refractivity contribution < 1.29 is 19.1 Å². The Morgan fingerprint density at radius 3 is 2.29 bits per heavy atom. The molecule has 1 rings (SSSR count). The topological polar surface area (TPSA) is 81.9 Å². The lowest BCUT2D eigenvalue weighted by Crippen LogP contribution is -2.56. The van der Waals surface area contributed by atoms with Crippen LogP contribution in [0.25, 0.3) is 0 Å². The van der Waals surface area contributed by atoms with Crippen LogP contribution in [0.3, 0.4) is 0 Å². The molecule has 1 saturated carbocycles. The first kappa shape index (κ1) is 24.7. The van der Waals surface area contributed by atoms with Crippen LogP contribution in [0.15, 0.2) is 0 Å². The number of hydrogen-bond acceptors (Lipinski definition) is 5. The largest absolute Gasteiger partial charge is 0.465 e. The molecule has 0 radical (unpaired) electrons. The van der Waals surface area contributed by atoms with E-state index in [2.05, 4.69) is 34.6 Å². The number of nitrogens with two attached hydrogens (primary N) is 1. The second kappa shape index (κ2) is 11.0. The maximum atomic E-state index is 12.6. The van der Waals surface area contributed by atoms with Gasteiger partial charge in [-0.3, -0.25) is 4.79 Å². The molecule has 0 bridgehead atoms. The smallest absolute Gasteiger partial charge is 0.409 e. The SMILES string of the molecule is CCCCOC(=O)C(N)C1(C)CC(N(CCCC)C(=O)OCC)CC(C)(C)C1. The molecule has 6 nitrogen and oxygen atoms in total. The number of nitrogens with zero attached hydrogens (tertiary/aromatic N) is 1. The summed E-state index contributed by atoms with van der Waals surface area (Å²) in [7, 11) is 0. The Kier molecular flexibility index (Phi) is 9.75. The van der Waals surface area contributed by atoms with Gasteiger partial charge < -0.3 is 20.1 Å². The molecule has 0 aliphatic heterocycles. The molecule has 0 aromatic rings. The quantitative estimate of drug-likeness (QED) is 0.433. The molecule has 0 heterocycles. The van der Waals surface area contributed by atoms with Crippen molar-refractivity contribution >= 4 is 12.1 Å². The van der Waals surface area contributed by atoms with E-state index in [1.807, 2.05) is 11.8 Å². The Hall–Kier alpha value is -1.30. The van der Waals surface area contributed by atoms with E-state index in [9.17, 15) is 9.59 Å². The van der Waals surface area contributed by atoms with E-state index in [0.29, 0.717) is 26.2 Å². The van der Waals surface area contributed by atoms with Crippen LogP contribution in [0.2, 0.25) is 0 Å². The lowest BCUT2D eigenvalue weighted by Gasteiger charge is -2.51. The molecule has 0 aromatic heterocycles. The molecular weight excluding hydrogens is 356 g/mol. The standard InChI is InChI=1S/C22H42N2O4/c1-7-10-12-24(20(26)27-9-3)17-14-21(4,5)16-22(6,15-17)18(23)19(25)28-13-11-8-2/h17-18H,7-16,23H2,1-6H3. The first-order chi connectivity index (χ1) is 13.1. The van der Waals surface area contributed by atoms with Crippen molar-refractivity contribution in [2.45, 2.75) is 98.6 Å². The average Bonchev–Trinajstić information content (AvgIpc) is 2.60. The van der Waals surface area contributed by atoms with Crippen molar-refractivity contribution in [2.24, 2.45) is 16.6 Å². The molecule has 6 heteroatoms. The zero-order valence-electron chi connectivity index (χ0n) is 18.9. The van der Waals surface area contributed by atoms with Gasteiger partial charge in [-0.15, -0.1) is 0 Å². The summed E-state index contributed by atoms with van der Waals surface area (Å²) in [5.74, 6) is -0.330. The van der Waals surface area contributed by atoms with E-state index in [4.69, 9.17) is 15.2 Å². The van der Waals surface area contributed by atoms with E-state index < -0.39 is 11.5 Å². The average molecular weight is 399 g/mol. The minimum absolute atomic E-state index is 0.00819. The van der Waals surface area contributed by atoms with Crippen molar-refractivity contribution in [3.8, 4) is 0 Å². The summed E-state index contributed by atoms with van der Waals surface area (Å²) in [5, 5.41) is 0. The van der Waals surface area contributed by atoms with Gasteiger partial charge in [-0.05, 0) is 49.9 Å². The molecule has 3 atom stereocenters. The van der Waals surface area contributed by atoms with Crippen LogP contribution in [0.4, 0.5) is 4.79 Å². The molecule has 2 N–H and O–H groups in total. The molecule has 28 heavy (non-hydrogen) atoms. The van der Waals surface area contributed by atoms with E-state index in [0.717, 1.165) is 38.5 Å². The second-order valence-electron chi connectivity index (χ2n) is 9.30. The molecule has 1 aliphatic rings. The Balaban J connectivity index is 3.01. The van der Waals surface area contributed by atoms with Gasteiger partial charge >= 0.3 is 12.1 Å². The van der Waals surface area contributed by atoms with Crippen molar-refractivity contribution in [1.29, 1.82) is 0 Å². The van der Waals surface area contributed by atoms with Gasteiger partial charge in [-0.2, -0.15) is 0 Å². The lowest BCUT2D eigenvalue weighted by atomic mass is 9.59. The van der Waals surface area contributed by atoms with Gasteiger partial charge in [-0.25, -0.2) is 4.79 Å². The maximum absolute atomic E-state index is 12.6. The van der Waals surface area contributed by atoms with Crippen molar-refractivity contribution in [3.05, 3.63) is 0 Å². The second-order valence-corrected chi connectivity index (χ2v) is 9.30. The molecule has 0 saturated heterocycles.